The Bertz CT molecular complexity index is 831. The second-order valence-corrected chi connectivity index (χ2v) is 5.67. The number of nitrogens with zero attached hydrogens (tertiary/aromatic N) is 5. The molecule has 3 aromatic heterocycles. The third-order valence-electron chi connectivity index (χ3n) is 3.58. The minimum absolute atomic E-state index is 0.546. The van der Waals surface area contributed by atoms with Crippen LogP contribution in [0.2, 0.25) is 5.02 Å². The van der Waals surface area contributed by atoms with Crippen LogP contribution in [-0.2, 0) is 12.8 Å². The Hall–Kier alpha value is -2.51. The van der Waals surface area contributed by atoms with Gasteiger partial charge in [0.1, 0.15) is 0 Å². The molecule has 0 atom stereocenters. The second-order valence-electron chi connectivity index (χ2n) is 5.26. The molecule has 8 heteroatoms. The van der Waals surface area contributed by atoms with E-state index in [0.29, 0.717) is 23.1 Å². The Morgan fingerprint density at radius 1 is 1.21 bits per heavy atom. The first-order valence-electron chi connectivity index (χ1n) is 7.68. The predicted molar refractivity (Wildman–Crippen MR) is 93.0 cm³/mol. The number of nitrogens with two attached hydrogens (primary N) is 1. The highest BCUT2D eigenvalue weighted by atomic mass is 35.5. The average molecular weight is 344 g/mol. The minimum Gasteiger partial charge on any atom is -0.307 e. The van der Waals surface area contributed by atoms with Crippen LogP contribution in [0.4, 0.5) is 5.82 Å². The molecule has 3 aromatic rings. The molecule has 0 aliphatic carbocycles. The van der Waals surface area contributed by atoms with Crippen molar-refractivity contribution in [3.63, 3.8) is 0 Å². The molecule has 124 valence electrons. The minimum atomic E-state index is 0.546. The molecule has 0 fully saturated rings. The third kappa shape index (κ3) is 3.37. The Morgan fingerprint density at radius 2 is 2.08 bits per heavy atom. The van der Waals surface area contributed by atoms with Gasteiger partial charge in [-0.25, -0.2) is 20.5 Å². The molecule has 0 amide bonds. The first kappa shape index (κ1) is 16.4. The number of aryl methyl sites for hydroxylation is 1. The van der Waals surface area contributed by atoms with Gasteiger partial charge in [-0.1, -0.05) is 24.9 Å². The maximum atomic E-state index is 6.24. The summed E-state index contributed by atoms with van der Waals surface area (Å²) in [4.78, 5) is 13.3. The fourth-order valence-electron chi connectivity index (χ4n) is 2.47. The van der Waals surface area contributed by atoms with Crippen molar-refractivity contribution in [3.05, 3.63) is 58.9 Å². The van der Waals surface area contributed by atoms with Crippen molar-refractivity contribution in [1.29, 1.82) is 0 Å². The zero-order chi connectivity index (χ0) is 16.9. The van der Waals surface area contributed by atoms with E-state index in [0.717, 1.165) is 29.9 Å². The topological polar surface area (TPSA) is 94.5 Å². The Labute approximate surface area is 144 Å². The SMILES string of the molecule is CCCc1nc(NN)cnc1Cc1ccnn1-c1ncccc1Cl. The van der Waals surface area contributed by atoms with Gasteiger partial charge < -0.3 is 5.43 Å². The number of anilines is 1. The molecule has 0 unspecified atom stereocenters. The normalized spacial score (nSPS) is 10.8. The smallest absolute Gasteiger partial charge is 0.172 e. The van der Waals surface area contributed by atoms with Crippen LogP contribution in [0.3, 0.4) is 0 Å². The summed E-state index contributed by atoms with van der Waals surface area (Å²) >= 11 is 6.24. The zero-order valence-electron chi connectivity index (χ0n) is 13.3. The highest BCUT2D eigenvalue weighted by Crippen LogP contribution is 2.20. The van der Waals surface area contributed by atoms with Crippen molar-refractivity contribution in [2.75, 3.05) is 5.43 Å². The zero-order valence-corrected chi connectivity index (χ0v) is 14.0. The van der Waals surface area contributed by atoms with E-state index in [-0.39, 0.29) is 0 Å². The number of nitrogens with one attached hydrogen (secondary N) is 1. The fraction of sp³-hybridized carbons (Fsp3) is 0.250. The molecule has 0 spiro atoms. The monoisotopic (exact) mass is 343 g/mol. The standard InChI is InChI=1S/C16H18ClN7/c1-2-4-13-14(20-10-15(22-13)23-18)9-11-6-8-21-24(11)16-12(17)5-3-7-19-16/h3,5-8,10H,2,4,9,18H2,1H3,(H,22,23). The molecular formula is C16H18ClN7. The molecule has 0 radical (unpaired) electrons. The first-order valence-corrected chi connectivity index (χ1v) is 8.06. The molecule has 3 rings (SSSR count). The molecule has 0 aromatic carbocycles. The number of hydrazine groups is 1. The van der Waals surface area contributed by atoms with Crippen LogP contribution >= 0.6 is 11.6 Å². The lowest BCUT2D eigenvalue weighted by Gasteiger charge is -2.11. The molecule has 24 heavy (non-hydrogen) atoms. The van der Waals surface area contributed by atoms with Gasteiger partial charge in [0.2, 0.25) is 0 Å². The van der Waals surface area contributed by atoms with Crippen LogP contribution < -0.4 is 11.3 Å². The molecule has 0 aliphatic heterocycles. The van der Waals surface area contributed by atoms with Crippen molar-refractivity contribution in [1.82, 2.24) is 24.7 Å². The quantitative estimate of drug-likeness (QED) is 0.527. The Kier molecular flexibility index (Phi) is 5.02. The summed E-state index contributed by atoms with van der Waals surface area (Å²) < 4.78 is 1.73. The molecule has 0 saturated carbocycles. The lowest BCUT2D eigenvalue weighted by molar-refractivity contribution is 0.776. The molecule has 0 aliphatic rings. The van der Waals surface area contributed by atoms with E-state index in [1.54, 1.807) is 35.4 Å². The van der Waals surface area contributed by atoms with E-state index < -0.39 is 0 Å². The summed E-state index contributed by atoms with van der Waals surface area (Å²) in [6.07, 6.45) is 7.43. The van der Waals surface area contributed by atoms with Crippen molar-refractivity contribution in [2.45, 2.75) is 26.2 Å². The first-order chi connectivity index (χ1) is 11.7. The van der Waals surface area contributed by atoms with Crippen LogP contribution in [0.25, 0.3) is 5.82 Å². The van der Waals surface area contributed by atoms with E-state index in [9.17, 15) is 0 Å². The van der Waals surface area contributed by atoms with Gasteiger partial charge in [0.25, 0.3) is 0 Å². The van der Waals surface area contributed by atoms with Gasteiger partial charge in [-0.05, 0) is 24.6 Å². The second kappa shape index (κ2) is 7.37. The summed E-state index contributed by atoms with van der Waals surface area (Å²) in [7, 11) is 0. The van der Waals surface area contributed by atoms with Gasteiger partial charge in [0, 0.05) is 18.8 Å². The van der Waals surface area contributed by atoms with Gasteiger partial charge >= 0.3 is 0 Å². The lowest BCUT2D eigenvalue weighted by atomic mass is 10.1. The number of hydrogen-bond acceptors (Lipinski definition) is 6. The largest absolute Gasteiger partial charge is 0.307 e. The average Bonchev–Trinajstić information content (AvgIpc) is 3.05. The summed E-state index contributed by atoms with van der Waals surface area (Å²) in [6.45, 7) is 2.10. The van der Waals surface area contributed by atoms with E-state index in [1.807, 2.05) is 6.07 Å². The summed E-state index contributed by atoms with van der Waals surface area (Å²) in [5.74, 6) is 6.59. The molecule has 0 saturated heterocycles. The molecular weight excluding hydrogens is 326 g/mol. The fourth-order valence-corrected chi connectivity index (χ4v) is 2.67. The van der Waals surface area contributed by atoms with E-state index in [1.165, 1.54) is 0 Å². The van der Waals surface area contributed by atoms with E-state index >= 15 is 0 Å². The van der Waals surface area contributed by atoms with Crippen LogP contribution in [-0.4, -0.2) is 24.7 Å². The maximum absolute atomic E-state index is 6.24. The highest BCUT2D eigenvalue weighted by Gasteiger charge is 2.14. The number of hydrogen-bond donors (Lipinski definition) is 2. The predicted octanol–water partition coefficient (Wildman–Crippen LogP) is 2.54. The third-order valence-corrected chi connectivity index (χ3v) is 3.87. The van der Waals surface area contributed by atoms with E-state index in [2.05, 4.69) is 32.4 Å². The molecule has 3 N–H and O–H groups in total. The summed E-state index contributed by atoms with van der Waals surface area (Å²) in [6, 6.07) is 5.51. The Morgan fingerprint density at radius 3 is 2.83 bits per heavy atom. The number of nitrogen functional groups attached to an aromatic ring is 1. The lowest BCUT2D eigenvalue weighted by Crippen LogP contribution is -2.13. The van der Waals surface area contributed by atoms with Crippen LogP contribution in [0.5, 0.6) is 0 Å². The molecule has 7 nitrogen and oxygen atoms in total. The van der Waals surface area contributed by atoms with Crippen molar-refractivity contribution >= 4 is 17.4 Å². The van der Waals surface area contributed by atoms with Gasteiger partial charge in [0.05, 0.1) is 28.3 Å². The van der Waals surface area contributed by atoms with Crippen molar-refractivity contribution in [3.8, 4) is 5.82 Å². The van der Waals surface area contributed by atoms with Crippen LogP contribution in [0, 0.1) is 0 Å². The number of pyridine rings is 1. The maximum Gasteiger partial charge on any atom is 0.172 e. The van der Waals surface area contributed by atoms with Crippen LogP contribution in [0.1, 0.15) is 30.4 Å². The van der Waals surface area contributed by atoms with Crippen molar-refractivity contribution < 1.29 is 0 Å². The van der Waals surface area contributed by atoms with Crippen molar-refractivity contribution in [2.24, 2.45) is 5.84 Å². The van der Waals surface area contributed by atoms with Gasteiger partial charge in [0.15, 0.2) is 11.6 Å². The Balaban J connectivity index is 1.96. The number of aromatic nitrogens is 5. The summed E-state index contributed by atoms with van der Waals surface area (Å²) in [5.41, 5.74) is 5.30. The summed E-state index contributed by atoms with van der Waals surface area (Å²) in [5, 5.41) is 4.89. The van der Waals surface area contributed by atoms with Crippen LogP contribution in [0.15, 0.2) is 36.8 Å². The molecule has 0 bridgehead atoms. The number of rotatable bonds is 6. The van der Waals surface area contributed by atoms with Gasteiger partial charge in [-0.2, -0.15) is 5.10 Å². The highest BCUT2D eigenvalue weighted by molar-refractivity contribution is 6.32. The number of halogens is 1. The van der Waals surface area contributed by atoms with Gasteiger partial charge in [-0.15, -0.1) is 0 Å². The van der Waals surface area contributed by atoms with E-state index in [4.69, 9.17) is 17.4 Å². The van der Waals surface area contributed by atoms with Gasteiger partial charge in [-0.3, -0.25) is 4.98 Å². The molecule has 3 heterocycles.